The van der Waals surface area contributed by atoms with Crippen LogP contribution < -0.4 is 0 Å². The molecule has 0 spiro atoms. The molecule has 1 aliphatic carbocycles. The quantitative estimate of drug-likeness (QED) is 0.708. The molecular formula is C21H28O2. The second-order valence-corrected chi connectivity index (χ2v) is 6.75. The van der Waals surface area contributed by atoms with Gasteiger partial charge in [-0.05, 0) is 29.9 Å². The van der Waals surface area contributed by atoms with E-state index in [1.165, 1.54) is 17.5 Å². The van der Waals surface area contributed by atoms with Gasteiger partial charge in [0.05, 0.1) is 5.92 Å². The van der Waals surface area contributed by atoms with Crippen molar-refractivity contribution in [3.63, 3.8) is 0 Å². The monoisotopic (exact) mass is 312 g/mol. The summed E-state index contributed by atoms with van der Waals surface area (Å²) in [5.74, 6) is -0.629. The van der Waals surface area contributed by atoms with E-state index in [1.807, 2.05) is 12.2 Å². The third-order valence-corrected chi connectivity index (χ3v) is 4.93. The number of carboxylic acid groups (broad SMARTS) is 1. The molecule has 1 aliphatic rings. The first-order chi connectivity index (χ1) is 11.0. The predicted molar refractivity (Wildman–Crippen MR) is 95.6 cm³/mol. The van der Waals surface area contributed by atoms with Crippen LogP contribution in [-0.4, -0.2) is 11.1 Å². The summed E-state index contributed by atoms with van der Waals surface area (Å²) in [6, 6.07) is 8.64. The highest BCUT2D eigenvalue weighted by atomic mass is 16.4. The Morgan fingerprint density at radius 1 is 1.22 bits per heavy atom. The minimum Gasteiger partial charge on any atom is -0.481 e. The Morgan fingerprint density at radius 2 is 1.87 bits per heavy atom. The third kappa shape index (κ3) is 3.93. The van der Waals surface area contributed by atoms with Gasteiger partial charge < -0.3 is 5.11 Å². The Bertz CT molecular complexity index is 584. The molecule has 2 rings (SSSR count). The number of hydrogen-bond donors (Lipinski definition) is 1. The van der Waals surface area contributed by atoms with E-state index in [9.17, 15) is 9.90 Å². The lowest BCUT2D eigenvalue weighted by molar-refractivity contribution is -0.138. The fraction of sp³-hybridized carbons (Fsp3) is 0.476. The van der Waals surface area contributed by atoms with Crippen molar-refractivity contribution in [2.24, 2.45) is 11.8 Å². The molecule has 2 nitrogen and oxygen atoms in total. The SMILES string of the molecule is CCCC1(c2ccccc2C[C@@H](C)CC)C=CC(C(=O)O)C=C1. The zero-order chi connectivity index (χ0) is 16.9. The maximum Gasteiger partial charge on any atom is 0.314 e. The second-order valence-electron chi connectivity index (χ2n) is 6.75. The van der Waals surface area contributed by atoms with Crippen LogP contribution in [0.25, 0.3) is 0 Å². The van der Waals surface area contributed by atoms with E-state index in [1.54, 1.807) is 0 Å². The Kier molecular flexibility index (Phi) is 5.81. The number of rotatable bonds is 7. The van der Waals surface area contributed by atoms with E-state index in [2.05, 4.69) is 57.2 Å². The van der Waals surface area contributed by atoms with Gasteiger partial charge in [0, 0.05) is 5.41 Å². The first-order valence-corrected chi connectivity index (χ1v) is 8.72. The molecule has 0 saturated heterocycles. The summed E-state index contributed by atoms with van der Waals surface area (Å²) in [4.78, 5) is 11.2. The largest absolute Gasteiger partial charge is 0.481 e. The summed E-state index contributed by atoms with van der Waals surface area (Å²) >= 11 is 0. The Labute approximate surface area is 139 Å². The highest BCUT2D eigenvalue weighted by Gasteiger charge is 2.31. The van der Waals surface area contributed by atoms with Crippen molar-refractivity contribution in [1.82, 2.24) is 0 Å². The van der Waals surface area contributed by atoms with Crippen molar-refractivity contribution in [2.75, 3.05) is 0 Å². The molecule has 0 unspecified atom stereocenters. The molecule has 1 atom stereocenters. The molecule has 0 aromatic heterocycles. The van der Waals surface area contributed by atoms with E-state index in [-0.39, 0.29) is 5.41 Å². The molecule has 1 aromatic carbocycles. The lowest BCUT2D eigenvalue weighted by atomic mass is 9.70. The van der Waals surface area contributed by atoms with Crippen molar-refractivity contribution in [1.29, 1.82) is 0 Å². The molecule has 0 aliphatic heterocycles. The molecule has 0 saturated carbocycles. The van der Waals surface area contributed by atoms with Crippen LogP contribution in [0.3, 0.4) is 0 Å². The van der Waals surface area contributed by atoms with E-state index >= 15 is 0 Å². The summed E-state index contributed by atoms with van der Waals surface area (Å²) in [7, 11) is 0. The predicted octanol–water partition coefficient (Wildman–Crippen LogP) is 5.14. The van der Waals surface area contributed by atoms with Crippen molar-refractivity contribution in [3.8, 4) is 0 Å². The summed E-state index contributed by atoms with van der Waals surface area (Å²) < 4.78 is 0. The van der Waals surface area contributed by atoms with Crippen LogP contribution in [0.5, 0.6) is 0 Å². The van der Waals surface area contributed by atoms with Gasteiger partial charge in [-0.1, -0.05) is 82.2 Å². The normalized spacial score (nSPS) is 24.6. The molecule has 2 heteroatoms. The minimum atomic E-state index is -0.782. The maximum atomic E-state index is 11.2. The Morgan fingerprint density at radius 3 is 2.43 bits per heavy atom. The lowest BCUT2D eigenvalue weighted by Crippen LogP contribution is -2.27. The summed E-state index contributed by atoms with van der Waals surface area (Å²) in [6.07, 6.45) is 12.2. The van der Waals surface area contributed by atoms with Crippen LogP contribution in [0.2, 0.25) is 0 Å². The number of allylic oxidation sites excluding steroid dienone is 2. The summed E-state index contributed by atoms with van der Waals surface area (Å²) in [6.45, 7) is 6.70. The molecule has 0 bridgehead atoms. The molecule has 1 aromatic rings. The van der Waals surface area contributed by atoms with E-state index < -0.39 is 11.9 Å². The van der Waals surface area contributed by atoms with Crippen molar-refractivity contribution >= 4 is 5.97 Å². The Hall–Kier alpha value is -1.83. The number of carboxylic acids is 1. The number of benzene rings is 1. The molecular weight excluding hydrogens is 284 g/mol. The molecule has 0 amide bonds. The molecule has 0 heterocycles. The highest BCUT2D eigenvalue weighted by Crippen LogP contribution is 2.39. The average Bonchev–Trinajstić information content (AvgIpc) is 2.56. The van der Waals surface area contributed by atoms with E-state index in [0.29, 0.717) is 5.92 Å². The van der Waals surface area contributed by atoms with Crippen LogP contribution >= 0.6 is 0 Å². The van der Waals surface area contributed by atoms with Gasteiger partial charge in [0.25, 0.3) is 0 Å². The lowest BCUT2D eigenvalue weighted by Gasteiger charge is -2.33. The zero-order valence-electron chi connectivity index (χ0n) is 14.5. The van der Waals surface area contributed by atoms with Gasteiger partial charge in [-0.15, -0.1) is 0 Å². The van der Waals surface area contributed by atoms with Gasteiger partial charge in [0.15, 0.2) is 0 Å². The summed E-state index contributed by atoms with van der Waals surface area (Å²) in [5.41, 5.74) is 2.56. The second kappa shape index (κ2) is 7.63. The van der Waals surface area contributed by atoms with Crippen LogP contribution in [0, 0.1) is 11.8 Å². The smallest absolute Gasteiger partial charge is 0.314 e. The van der Waals surface area contributed by atoms with Gasteiger partial charge in [-0.2, -0.15) is 0 Å². The van der Waals surface area contributed by atoms with Gasteiger partial charge in [-0.25, -0.2) is 0 Å². The first kappa shape index (κ1) is 17.5. The Balaban J connectivity index is 2.42. The van der Waals surface area contributed by atoms with Gasteiger partial charge >= 0.3 is 5.97 Å². The number of hydrogen-bond acceptors (Lipinski definition) is 1. The van der Waals surface area contributed by atoms with Crippen molar-refractivity contribution in [2.45, 2.75) is 51.9 Å². The topological polar surface area (TPSA) is 37.3 Å². The van der Waals surface area contributed by atoms with E-state index in [0.717, 1.165) is 19.3 Å². The molecule has 1 N–H and O–H groups in total. The van der Waals surface area contributed by atoms with Crippen LogP contribution in [-0.2, 0) is 16.6 Å². The van der Waals surface area contributed by atoms with Gasteiger partial charge in [-0.3, -0.25) is 4.79 Å². The third-order valence-electron chi connectivity index (χ3n) is 4.93. The molecule has 0 fully saturated rings. The van der Waals surface area contributed by atoms with E-state index in [4.69, 9.17) is 0 Å². The van der Waals surface area contributed by atoms with Crippen molar-refractivity contribution in [3.05, 3.63) is 59.7 Å². The van der Waals surface area contributed by atoms with Crippen LogP contribution in [0.4, 0.5) is 0 Å². The fourth-order valence-electron chi connectivity index (χ4n) is 3.40. The first-order valence-electron chi connectivity index (χ1n) is 8.72. The van der Waals surface area contributed by atoms with Crippen LogP contribution in [0.15, 0.2) is 48.6 Å². The van der Waals surface area contributed by atoms with Gasteiger partial charge in [0.2, 0.25) is 0 Å². The highest BCUT2D eigenvalue weighted by molar-refractivity contribution is 5.75. The van der Waals surface area contributed by atoms with Gasteiger partial charge in [0.1, 0.15) is 0 Å². The average molecular weight is 312 g/mol. The standard InChI is InChI=1S/C21H28O2/c1-4-12-21(13-10-17(11-14-21)20(22)23)19-9-7-6-8-18(19)15-16(3)5-2/h6-11,13-14,16-17H,4-5,12,15H2,1-3H3,(H,22,23)/t16-,17?,21?/m0/s1. The molecule has 23 heavy (non-hydrogen) atoms. The molecule has 0 radical (unpaired) electrons. The number of carbonyl (C=O) groups is 1. The summed E-state index contributed by atoms with van der Waals surface area (Å²) in [5, 5.41) is 9.21. The van der Waals surface area contributed by atoms with Crippen LogP contribution in [0.1, 0.15) is 51.2 Å². The fourth-order valence-corrected chi connectivity index (χ4v) is 3.40. The number of aliphatic carboxylic acids is 1. The maximum absolute atomic E-state index is 11.2. The zero-order valence-corrected chi connectivity index (χ0v) is 14.5. The van der Waals surface area contributed by atoms with Crippen molar-refractivity contribution < 1.29 is 9.90 Å². The molecule has 124 valence electrons. The minimum absolute atomic E-state index is 0.162.